The van der Waals surface area contributed by atoms with Gasteiger partial charge in [-0.3, -0.25) is 4.79 Å². The standard InChI is InChI=1S/C19H22ClN3O4/c20-14-7-5-13(6-8-14)17-21-16(27-23-17)10-9-15(24)22-19(18(25)26)11-3-1-2-4-12-19/h5-8H,1-4,9-12H2,(H,22,24)(H,25,26). The van der Waals surface area contributed by atoms with E-state index in [1.807, 2.05) is 0 Å². The first-order valence-electron chi connectivity index (χ1n) is 9.11. The van der Waals surface area contributed by atoms with Gasteiger partial charge in [0, 0.05) is 23.4 Å². The Morgan fingerprint density at radius 3 is 2.44 bits per heavy atom. The number of carbonyl (C=O) groups excluding carboxylic acids is 1. The van der Waals surface area contributed by atoms with Gasteiger partial charge >= 0.3 is 5.97 Å². The van der Waals surface area contributed by atoms with Crippen LogP contribution in [0.5, 0.6) is 0 Å². The van der Waals surface area contributed by atoms with Gasteiger partial charge in [0.2, 0.25) is 17.6 Å². The molecule has 1 saturated carbocycles. The quantitative estimate of drug-likeness (QED) is 0.728. The van der Waals surface area contributed by atoms with Crippen molar-refractivity contribution >= 4 is 23.5 Å². The molecule has 0 aliphatic heterocycles. The lowest BCUT2D eigenvalue weighted by Crippen LogP contribution is -2.54. The van der Waals surface area contributed by atoms with Crippen LogP contribution in [0.2, 0.25) is 5.02 Å². The molecule has 3 rings (SSSR count). The Morgan fingerprint density at radius 2 is 1.81 bits per heavy atom. The molecule has 0 radical (unpaired) electrons. The van der Waals surface area contributed by atoms with Crippen LogP contribution < -0.4 is 5.32 Å². The Bertz CT molecular complexity index is 796. The van der Waals surface area contributed by atoms with Gasteiger partial charge in [-0.05, 0) is 37.1 Å². The third-order valence-corrected chi connectivity index (χ3v) is 5.13. The van der Waals surface area contributed by atoms with Crippen LogP contribution in [-0.2, 0) is 16.0 Å². The zero-order valence-electron chi connectivity index (χ0n) is 14.9. The van der Waals surface area contributed by atoms with E-state index < -0.39 is 11.5 Å². The molecule has 0 bridgehead atoms. The van der Waals surface area contributed by atoms with Gasteiger partial charge in [-0.25, -0.2) is 4.79 Å². The highest BCUT2D eigenvalue weighted by atomic mass is 35.5. The average molecular weight is 392 g/mol. The van der Waals surface area contributed by atoms with Crippen molar-refractivity contribution in [2.75, 3.05) is 0 Å². The Labute approximate surface area is 162 Å². The summed E-state index contributed by atoms with van der Waals surface area (Å²) in [7, 11) is 0. The number of hydrogen-bond acceptors (Lipinski definition) is 5. The highest BCUT2D eigenvalue weighted by Gasteiger charge is 2.39. The van der Waals surface area contributed by atoms with Gasteiger partial charge < -0.3 is 14.9 Å². The van der Waals surface area contributed by atoms with Gasteiger partial charge in [0.1, 0.15) is 5.54 Å². The molecule has 8 heteroatoms. The molecule has 1 heterocycles. The summed E-state index contributed by atoms with van der Waals surface area (Å²) in [5.41, 5.74) is -0.390. The van der Waals surface area contributed by atoms with E-state index in [1.165, 1.54) is 0 Å². The lowest BCUT2D eigenvalue weighted by Gasteiger charge is -2.29. The lowest BCUT2D eigenvalue weighted by atomic mass is 9.90. The molecule has 144 valence electrons. The Kier molecular flexibility index (Phi) is 6.11. The van der Waals surface area contributed by atoms with Gasteiger partial charge in [-0.1, -0.05) is 42.4 Å². The van der Waals surface area contributed by atoms with Crippen LogP contribution in [-0.4, -0.2) is 32.7 Å². The fourth-order valence-corrected chi connectivity index (χ4v) is 3.47. The first-order valence-corrected chi connectivity index (χ1v) is 9.49. The van der Waals surface area contributed by atoms with Crippen molar-refractivity contribution < 1.29 is 19.2 Å². The molecule has 1 aliphatic rings. The smallest absolute Gasteiger partial charge is 0.329 e. The van der Waals surface area contributed by atoms with E-state index in [1.54, 1.807) is 24.3 Å². The average Bonchev–Trinajstić information content (AvgIpc) is 2.99. The summed E-state index contributed by atoms with van der Waals surface area (Å²) in [5, 5.41) is 16.9. The van der Waals surface area contributed by atoms with E-state index in [0.29, 0.717) is 29.6 Å². The van der Waals surface area contributed by atoms with Gasteiger partial charge in [-0.2, -0.15) is 4.98 Å². The molecule has 1 aromatic carbocycles. The topological polar surface area (TPSA) is 105 Å². The van der Waals surface area contributed by atoms with Crippen LogP contribution in [0, 0.1) is 0 Å². The number of aliphatic carboxylic acids is 1. The highest BCUT2D eigenvalue weighted by molar-refractivity contribution is 6.30. The first-order chi connectivity index (χ1) is 13.0. The molecule has 1 aliphatic carbocycles. The van der Waals surface area contributed by atoms with Crippen LogP contribution in [0.4, 0.5) is 0 Å². The minimum absolute atomic E-state index is 0.0945. The molecule has 0 spiro atoms. The number of carboxylic acid groups (broad SMARTS) is 1. The molecular formula is C19H22ClN3O4. The fraction of sp³-hybridized carbons (Fsp3) is 0.474. The van der Waals surface area contributed by atoms with Crippen molar-refractivity contribution in [2.45, 2.75) is 56.9 Å². The van der Waals surface area contributed by atoms with E-state index in [4.69, 9.17) is 16.1 Å². The maximum absolute atomic E-state index is 12.3. The maximum Gasteiger partial charge on any atom is 0.329 e. The summed E-state index contributed by atoms with van der Waals surface area (Å²) in [6, 6.07) is 7.04. The molecule has 0 atom stereocenters. The third-order valence-electron chi connectivity index (χ3n) is 4.88. The SMILES string of the molecule is O=C(CCc1nc(-c2ccc(Cl)cc2)no1)NC1(C(=O)O)CCCCCC1. The second-order valence-electron chi connectivity index (χ2n) is 6.87. The summed E-state index contributed by atoms with van der Waals surface area (Å²) in [4.78, 5) is 28.4. The number of carbonyl (C=O) groups is 2. The summed E-state index contributed by atoms with van der Waals surface area (Å²) in [5.74, 6) is -0.515. The van der Waals surface area contributed by atoms with Gasteiger partial charge in [-0.15, -0.1) is 0 Å². The van der Waals surface area contributed by atoms with Gasteiger partial charge in [0.05, 0.1) is 0 Å². The molecule has 0 saturated heterocycles. The molecule has 2 aromatic rings. The van der Waals surface area contributed by atoms with Crippen LogP contribution in [0.1, 0.15) is 50.8 Å². The van der Waals surface area contributed by atoms with E-state index >= 15 is 0 Å². The predicted molar refractivity (Wildman–Crippen MR) is 99.3 cm³/mol. The number of carboxylic acids is 1. The van der Waals surface area contributed by atoms with E-state index in [-0.39, 0.29) is 18.7 Å². The van der Waals surface area contributed by atoms with Crippen molar-refractivity contribution in [1.82, 2.24) is 15.5 Å². The molecular weight excluding hydrogens is 370 g/mol. The third kappa shape index (κ3) is 4.86. The zero-order valence-corrected chi connectivity index (χ0v) is 15.7. The van der Waals surface area contributed by atoms with Crippen LogP contribution >= 0.6 is 11.6 Å². The van der Waals surface area contributed by atoms with Crippen molar-refractivity contribution in [3.63, 3.8) is 0 Å². The van der Waals surface area contributed by atoms with Crippen molar-refractivity contribution in [3.05, 3.63) is 35.2 Å². The second-order valence-corrected chi connectivity index (χ2v) is 7.30. The van der Waals surface area contributed by atoms with E-state index in [9.17, 15) is 14.7 Å². The minimum Gasteiger partial charge on any atom is -0.480 e. The highest BCUT2D eigenvalue weighted by Crippen LogP contribution is 2.27. The Hall–Kier alpha value is -2.41. The number of aryl methyl sites for hydroxylation is 1. The summed E-state index contributed by atoms with van der Waals surface area (Å²) in [6.45, 7) is 0. The molecule has 1 amide bonds. The van der Waals surface area contributed by atoms with E-state index in [2.05, 4.69) is 15.5 Å². The fourth-order valence-electron chi connectivity index (χ4n) is 3.35. The number of rotatable bonds is 6. The van der Waals surface area contributed by atoms with Crippen molar-refractivity contribution in [3.8, 4) is 11.4 Å². The van der Waals surface area contributed by atoms with Gasteiger partial charge in [0.15, 0.2) is 0 Å². The predicted octanol–water partition coefficient (Wildman–Crippen LogP) is 3.62. The van der Waals surface area contributed by atoms with E-state index in [0.717, 1.165) is 31.2 Å². The molecule has 7 nitrogen and oxygen atoms in total. The first kappa shape index (κ1) is 19.4. The molecule has 0 unspecified atom stereocenters. The van der Waals surface area contributed by atoms with Gasteiger partial charge in [0.25, 0.3) is 0 Å². The number of halogens is 1. The van der Waals surface area contributed by atoms with Crippen LogP contribution in [0.3, 0.4) is 0 Å². The molecule has 27 heavy (non-hydrogen) atoms. The lowest BCUT2D eigenvalue weighted by molar-refractivity contribution is -0.148. The Balaban J connectivity index is 1.58. The molecule has 1 aromatic heterocycles. The number of amides is 1. The second kappa shape index (κ2) is 8.52. The number of benzene rings is 1. The van der Waals surface area contributed by atoms with Crippen molar-refractivity contribution in [1.29, 1.82) is 0 Å². The maximum atomic E-state index is 12.3. The largest absolute Gasteiger partial charge is 0.480 e. The monoisotopic (exact) mass is 391 g/mol. The van der Waals surface area contributed by atoms with Crippen LogP contribution in [0.25, 0.3) is 11.4 Å². The summed E-state index contributed by atoms with van der Waals surface area (Å²) in [6.07, 6.45) is 4.90. The minimum atomic E-state index is -1.16. The molecule has 1 fully saturated rings. The number of nitrogens with zero attached hydrogens (tertiary/aromatic N) is 2. The van der Waals surface area contributed by atoms with Crippen LogP contribution in [0.15, 0.2) is 28.8 Å². The zero-order chi connectivity index (χ0) is 19.3. The number of hydrogen-bond donors (Lipinski definition) is 2. The summed E-state index contributed by atoms with van der Waals surface area (Å²) < 4.78 is 5.19. The summed E-state index contributed by atoms with van der Waals surface area (Å²) >= 11 is 5.86. The number of nitrogens with one attached hydrogen (secondary N) is 1. The Morgan fingerprint density at radius 1 is 1.15 bits per heavy atom. The van der Waals surface area contributed by atoms with Crippen molar-refractivity contribution in [2.24, 2.45) is 0 Å². The molecule has 2 N–H and O–H groups in total. The number of aromatic nitrogens is 2. The normalized spacial score (nSPS) is 16.5.